The van der Waals surface area contributed by atoms with Gasteiger partial charge in [-0.05, 0) is 30.3 Å². The maximum absolute atomic E-state index is 12.4. The van der Waals surface area contributed by atoms with E-state index >= 15 is 0 Å². The van der Waals surface area contributed by atoms with Crippen LogP contribution in [-0.2, 0) is 0 Å². The van der Waals surface area contributed by atoms with Crippen molar-refractivity contribution in [2.24, 2.45) is 0 Å². The number of piperazine rings is 1. The molecule has 0 radical (unpaired) electrons. The molecule has 0 atom stereocenters. The lowest BCUT2D eigenvalue weighted by molar-refractivity contribution is 0.208. The highest BCUT2D eigenvalue weighted by Crippen LogP contribution is 2.19. The summed E-state index contributed by atoms with van der Waals surface area (Å²) >= 11 is 5.95. The van der Waals surface area contributed by atoms with Gasteiger partial charge in [0, 0.05) is 36.9 Å². The van der Waals surface area contributed by atoms with Gasteiger partial charge in [0.25, 0.3) is 0 Å². The highest BCUT2D eigenvalue weighted by atomic mass is 35.5. The number of carbonyl (C=O) groups is 1. The number of nitrogens with zero attached hydrogens (tertiary/aromatic N) is 3. The second-order valence-corrected chi connectivity index (χ2v) is 6.43. The summed E-state index contributed by atoms with van der Waals surface area (Å²) < 4.78 is 0. The average Bonchev–Trinajstić information content (AvgIpc) is 3.06. The van der Waals surface area contributed by atoms with E-state index < -0.39 is 0 Å². The molecule has 0 spiro atoms. The zero-order chi connectivity index (χ0) is 17.2. The van der Waals surface area contributed by atoms with Crippen molar-refractivity contribution in [2.75, 3.05) is 36.4 Å². The van der Waals surface area contributed by atoms with Gasteiger partial charge in [-0.2, -0.15) is 0 Å². The number of hydrogen-bond donors (Lipinski definition) is 2. The van der Waals surface area contributed by atoms with Crippen LogP contribution in [0, 0.1) is 0 Å². The van der Waals surface area contributed by atoms with Gasteiger partial charge >= 0.3 is 6.03 Å². The van der Waals surface area contributed by atoms with Gasteiger partial charge in [-0.15, -0.1) is 0 Å². The second kappa shape index (κ2) is 6.64. The van der Waals surface area contributed by atoms with Crippen LogP contribution >= 0.6 is 11.6 Å². The molecule has 1 aliphatic rings. The quantitative estimate of drug-likeness (QED) is 0.738. The lowest BCUT2D eigenvalue weighted by Gasteiger charge is -2.34. The molecule has 2 aromatic carbocycles. The van der Waals surface area contributed by atoms with Crippen LogP contribution in [0.15, 0.2) is 48.5 Å². The third kappa shape index (κ3) is 3.39. The number of halogens is 1. The largest absolute Gasteiger partial charge is 0.339 e. The summed E-state index contributed by atoms with van der Waals surface area (Å²) in [7, 11) is 0. The summed E-state index contributed by atoms with van der Waals surface area (Å²) in [5.41, 5.74) is 2.69. The Bertz CT molecular complexity index is 868. The van der Waals surface area contributed by atoms with Crippen LogP contribution in [0.25, 0.3) is 11.0 Å². The number of amides is 2. The number of anilines is 2. The molecular weight excluding hydrogens is 338 g/mol. The summed E-state index contributed by atoms with van der Waals surface area (Å²) in [4.78, 5) is 24.3. The van der Waals surface area contributed by atoms with Crippen molar-refractivity contribution in [3.8, 4) is 0 Å². The van der Waals surface area contributed by atoms with Gasteiger partial charge in [-0.1, -0.05) is 29.8 Å². The number of nitrogens with one attached hydrogen (secondary N) is 2. The molecular formula is C18H18ClN5O. The van der Waals surface area contributed by atoms with E-state index in [-0.39, 0.29) is 6.03 Å². The fraction of sp³-hybridized carbons (Fsp3) is 0.222. The molecule has 1 saturated heterocycles. The van der Waals surface area contributed by atoms with Gasteiger partial charge < -0.3 is 20.1 Å². The predicted octanol–water partition coefficient (Wildman–Crippen LogP) is 3.57. The van der Waals surface area contributed by atoms with Crippen LogP contribution in [0.3, 0.4) is 0 Å². The molecule has 1 aliphatic heterocycles. The number of carbonyl (C=O) groups excluding carboxylic acids is 1. The molecule has 128 valence electrons. The van der Waals surface area contributed by atoms with E-state index in [1.807, 2.05) is 36.4 Å². The monoisotopic (exact) mass is 355 g/mol. The first-order chi connectivity index (χ1) is 12.2. The van der Waals surface area contributed by atoms with Crippen LogP contribution in [0.2, 0.25) is 5.02 Å². The number of hydrogen-bond acceptors (Lipinski definition) is 3. The highest BCUT2D eigenvalue weighted by Gasteiger charge is 2.23. The standard InChI is InChI=1S/C18H18ClN5O/c19-13-4-3-5-14(12-13)20-18(25)24-10-8-23(9-11-24)17-21-15-6-1-2-7-16(15)22-17/h1-7,12H,8-11H2,(H,20,25)(H,21,22). The maximum Gasteiger partial charge on any atom is 0.321 e. The Kier molecular flexibility index (Phi) is 4.19. The van der Waals surface area contributed by atoms with Crippen LogP contribution in [-0.4, -0.2) is 47.1 Å². The van der Waals surface area contributed by atoms with Gasteiger partial charge in [0.1, 0.15) is 0 Å². The fourth-order valence-electron chi connectivity index (χ4n) is 2.98. The number of imidazole rings is 1. The van der Waals surface area contributed by atoms with Crippen molar-refractivity contribution in [1.29, 1.82) is 0 Å². The lowest BCUT2D eigenvalue weighted by Crippen LogP contribution is -2.50. The number of H-pyrrole nitrogens is 1. The van der Waals surface area contributed by atoms with Crippen molar-refractivity contribution in [1.82, 2.24) is 14.9 Å². The molecule has 2 amide bonds. The van der Waals surface area contributed by atoms with Crippen molar-refractivity contribution >= 4 is 40.3 Å². The number of fused-ring (bicyclic) bond motifs is 1. The molecule has 1 fully saturated rings. The Morgan fingerprint density at radius 2 is 1.88 bits per heavy atom. The highest BCUT2D eigenvalue weighted by molar-refractivity contribution is 6.30. The summed E-state index contributed by atoms with van der Waals surface area (Å²) in [5, 5.41) is 3.49. The first kappa shape index (κ1) is 15.8. The number of aromatic nitrogens is 2. The van der Waals surface area contributed by atoms with Crippen molar-refractivity contribution in [3.63, 3.8) is 0 Å². The van der Waals surface area contributed by atoms with E-state index in [4.69, 9.17) is 11.6 Å². The molecule has 0 unspecified atom stereocenters. The van der Waals surface area contributed by atoms with E-state index in [0.717, 1.165) is 30.1 Å². The number of para-hydroxylation sites is 2. The van der Waals surface area contributed by atoms with Crippen LogP contribution in [0.4, 0.5) is 16.4 Å². The summed E-state index contributed by atoms with van der Waals surface area (Å²) in [5.74, 6) is 0.857. The van der Waals surface area contributed by atoms with E-state index in [1.165, 1.54) is 0 Å². The molecule has 0 aliphatic carbocycles. The molecule has 3 aromatic rings. The summed E-state index contributed by atoms with van der Waals surface area (Å²) in [6.07, 6.45) is 0. The fourth-order valence-corrected chi connectivity index (χ4v) is 3.17. The number of urea groups is 1. The SMILES string of the molecule is O=C(Nc1cccc(Cl)c1)N1CCN(c2nc3ccccc3[nH]2)CC1. The molecule has 7 heteroatoms. The number of benzene rings is 2. The van der Waals surface area contributed by atoms with E-state index in [0.29, 0.717) is 23.8 Å². The third-order valence-corrected chi connectivity index (χ3v) is 4.55. The average molecular weight is 356 g/mol. The summed E-state index contributed by atoms with van der Waals surface area (Å²) in [6.45, 7) is 2.76. The Balaban J connectivity index is 1.38. The minimum Gasteiger partial charge on any atom is -0.339 e. The Labute approximate surface area is 150 Å². The minimum atomic E-state index is -0.105. The normalized spacial score (nSPS) is 14.8. The maximum atomic E-state index is 12.4. The zero-order valence-corrected chi connectivity index (χ0v) is 14.3. The van der Waals surface area contributed by atoms with Gasteiger partial charge in [0.05, 0.1) is 11.0 Å². The lowest BCUT2D eigenvalue weighted by atomic mass is 10.3. The Hall–Kier alpha value is -2.73. The minimum absolute atomic E-state index is 0.105. The van der Waals surface area contributed by atoms with Crippen LogP contribution in [0.5, 0.6) is 0 Å². The Morgan fingerprint density at radius 3 is 2.64 bits per heavy atom. The molecule has 2 N–H and O–H groups in total. The van der Waals surface area contributed by atoms with Crippen LogP contribution < -0.4 is 10.2 Å². The number of aromatic amines is 1. The summed E-state index contributed by atoms with van der Waals surface area (Å²) in [6, 6.07) is 15.0. The van der Waals surface area contributed by atoms with Gasteiger partial charge in [0.15, 0.2) is 0 Å². The molecule has 1 aromatic heterocycles. The molecule has 25 heavy (non-hydrogen) atoms. The van der Waals surface area contributed by atoms with Crippen molar-refractivity contribution < 1.29 is 4.79 Å². The van der Waals surface area contributed by atoms with Gasteiger partial charge in [-0.3, -0.25) is 0 Å². The first-order valence-corrected chi connectivity index (χ1v) is 8.58. The molecule has 4 rings (SSSR count). The molecule has 0 bridgehead atoms. The predicted molar refractivity (Wildman–Crippen MR) is 100 cm³/mol. The van der Waals surface area contributed by atoms with Crippen molar-refractivity contribution in [3.05, 3.63) is 53.6 Å². The third-order valence-electron chi connectivity index (χ3n) is 4.32. The van der Waals surface area contributed by atoms with E-state index in [9.17, 15) is 4.79 Å². The van der Waals surface area contributed by atoms with Crippen LogP contribution in [0.1, 0.15) is 0 Å². The van der Waals surface area contributed by atoms with Gasteiger partial charge in [0.2, 0.25) is 5.95 Å². The first-order valence-electron chi connectivity index (χ1n) is 8.20. The second-order valence-electron chi connectivity index (χ2n) is 5.99. The van der Waals surface area contributed by atoms with Crippen molar-refractivity contribution in [2.45, 2.75) is 0 Å². The zero-order valence-electron chi connectivity index (χ0n) is 13.6. The molecule has 6 nitrogen and oxygen atoms in total. The number of rotatable bonds is 2. The smallest absolute Gasteiger partial charge is 0.321 e. The van der Waals surface area contributed by atoms with E-state index in [1.54, 1.807) is 17.0 Å². The Morgan fingerprint density at radius 1 is 1.08 bits per heavy atom. The topological polar surface area (TPSA) is 64.3 Å². The van der Waals surface area contributed by atoms with E-state index in [2.05, 4.69) is 20.2 Å². The van der Waals surface area contributed by atoms with Gasteiger partial charge in [-0.25, -0.2) is 9.78 Å². The molecule has 0 saturated carbocycles. The molecule has 2 heterocycles.